The summed E-state index contributed by atoms with van der Waals surface area (Å²) in [5.74, 6) is -0.826. The molecule has 2 fully saturated rings. The number of hydrogen-bond donors (Lipinski definition) is 2. The average Bonchev–Trinajstić information content (AvgIpc) is 3.23. The van der Waals surface area contributed by atoms with E-state index in [1.165, 1.54) is 25.1 Å². The van der Waals surface area contributed by atoms with Crippen molar-refractivity contribution in [2.45, 2.75) is 38.1 Å². The highest BCUT2D eigenvalue weighted by atomic mass is 35.5. The Morgan fingerprint density at radius 1 is 1.35 bits per heavy atom. The summed E-state index contributed by atoms with van der Waals surface area (Å²) in [6.07, 6.45) is 5.82. The van der Waals surface area contributed by atoms with Crippen LogP contribution in [0.15, 0.2) is 12.3 Å². The number of aliphatic carboxylic acids is 1. The first-order valence-corrected chi connectivity index (χ1v) is 8.24. The molecule has 0 saturated heterocycles. The number of aromatic nitrogens is 1. The van der Waals surface area contributed by atoms with E-state index in [2.05, 4.69) is 10.3 Å². The first-order valence-electron chi connectivity index (χ1n) is 7.86. The normalized spacial score (nSPS) is 23.5. The molecule has 6 nitrogen and oxygen atoms in total. The number of halogens is 1. The highest BCUT2D eigenvalue weighted by Gasteiger charge is 2.34. The van der Waals surface area contributed by atoms with Crippen molar-refractivity contribution in [1.82, 2.24) is 10.3 Å². The number of ether oxygens (including phenoxy) is 1. The van der Waals surface area contributed by atoms with Crippen LogP contribution >= 0.6 is 11.6 Å². The Kier molecular flexibility index (Phi) is 4.71. The van der Waals surface area contributed by atoms with E-state index in [4.69, 9.17) is 21.4 Å². The predicted octanol–water partition coefficient (Wildman–Crippen LogP) is 2.51. The van der Waals surface area contributed by atoms with Gasteiger partial charge >= 0.3 is 5.97 Å². The van der Waals surface area contributed by atoms with Gasteiger partial charge in [0.15, 0.2) is 0 Å². The Bertz CT molecular complexity index is 618. The minimum atomic E-state index is -0.868. The molecule has 0 spiro atoms. The fraction of sp³-hybridized carbons (Fsp3) is 0.562. The second kappa shape index (κ2) is 6.74. The Morgan fingerprint density at radius 2 is 2.13 bits per heavy atom. The topological polar surface area (TPSA) is 88.5 Å². The molecule has 0 unspecified atom stereocenters. The molecule has 1 heterocycles. The number of nitrogens with one attached hydrogen (secondary N) is 1. The molecule has 1 amide bonds. The van der Waals surface area contributed by atoms with Crippen LogP contribution < -0.4 is 10.1 Å². The Labute approximate surface area is 139 Å². The molecule has 23 heavy (non-hydrogen) atoms. The quantitative estimate of drug-likeness (QED) is 0.832. The van der Waals surface area contributed by atoms with Crippen LogP contribution in [0.5, 0.6) is 5.88 Å². The van der Waals surface area contributed by atoms with Crippen LogP contribution in [0.1, 0.15) is 42.5 Å². The average molecular weight is 339 g/mol. The van der Waals surface area contributed by atoms with Crippen molar-refractivity contribution in [1.29, 1.82) is 0 Å². The van der Waals surface area contributed by atoms with E-state index in [1.54, 1.807) is 0 Å². The first kappa shape index (κ1) is 16.1. The summed E-state index contributed by atoms with van der Waals surface area (Å²) in [5, 5.41) is 12.2. The van der Waals surface area contributed by atoms with Gasteiger partial charge in [0.25, 0.3) is 5.91 Å². The smallest absolute Gasteiger partial charge is 0.308 e. The number of carboxylic acids is 1. The number of carboxylic acid groups (broad SMARTS) is 1. The summed E-state index contributed by atoms with van der Waals surface area (Å²) in [4.78, 5) is 27.5. The molecule has 0 aliphatic heterocycles. The van der Waals surface area contributed by atoms with Gasteiger partial charge in [0, 0.05) is 12.2 Å². The van der Waals surface area contributed by atoms with Crippen LogP contribution in [0.3, 0.4) is 0 Å². The zero-order chi connectivity index (χ0) is 16.4. The van der Waals surface area contributed by atoms with Gasteiger partial charge in [-0.3, -0.25) is 9.59 Å². The van der Waals surface area contributed by atoms with Crippen molar-refractivity contribution >= 4 is 23.5 Å². The van der Waals surface area contributed by atoms with Gasteiger partial charge in [-0.2, -0.15) is 0 Å². The third-order valence-corrected chi connectivity index (χ3v) is 4.64. The predicted molar refractivity (Wildman–Crippen MR) is 83.7 cm³/mol. The van der Waals surface area contributed by atoms with E-state index in [0.29, 0.717) is 41.8 Å². The third-order valence-electron chi connectivity index (χ3n) is 4.37. The summed E-state index contributed by atoms with van der Waals surface area (Å²) in [6.45, 7) is 0.598. The maximum absolute atomic E-state index is 12.3. The van der Waals surface area contributed by atoms with Gasteiger partial charge in [0.05, 0.1) is 18.1 Å². The molecule has 2 aliphatic carbocycles. The fourth-order valence-electron chi connectivity index (χ4n) is 2.82. The highest BCUT2D eigenvalue weighted by molar-refractivity contribution is 6.32. The molecule has 0 aromatic carbocycles. The van der Waals surface area contributed by atoms with Crippen molar-refractivity contribution in [3.63, 3.8) is 0 Å². The molecule has 2 aliphatic rings. The van der Waals surface area contributed by atoms with Crippen molar-refractivity contribution < 1.29 is 19.4 Å². The number of pyridine rings is 1. The largest absolute Gasteiger partial charge is 0.481 e. The maximum atomic E-state index is 12.3. The zero-order valence-corrected chi connectivity index (χ0v) is 13.4. The summed E-state index contributed by atoms with van der Waals surface area (Å²) in [6, 6.07) is 1.17. The lowest BCUT2D eigenvalue weighted by Gasteiger charge is -2.17. The van der Waals surface area contributed by atoms with Crippen molar-refractivity contribution in [2.24, 2.45) is 11.8 Å². The van der Waals surface area contributed by atoms with Gasteiger partial charge in [-0.1, -0.05) is 18.0 Å². The Morgan fingerprint density at radius 3 is 2.78 bits per heavy atom. The van der Waals surface area contributed by atoms with Gasteiger partial charge in [-0.25, -0.2) is 4.98 Å². The molecule has 0 radical (unpaired) electrons. The van der Waals surface area contributed by atoms with Crippen LogP contribution in [-0.2, 0) is 4.79 Å². The maximum Gasteiger partial charge on any atom is 0.308 e. The van der Waals surface area contributed by atoms with E-state index in [9.17, 15) is 9.59 Å². The summed E-state index contributed by atoms with van der Waals surface area (Å²) in [5.41, 5.74) is 0.310. The van der Waals surface area contributed by atoms with Gasteiger partial charge in [0.1, 0.15) is 5.02 Å². The minimum Gasteiger partial charge on any atom is -0.481 e. The lowest BCUT2D eigenvalue weighted by atomic mass is 10.0. The third kappa shape index (κ3) is 3.93. The number of amides is 1. The van der Waals surface area contributed by atoms with Crippen molar-refractivity contribution in [3.8, 4) is 5.88 Å². The van der Waals surface area contributed by atoms with Crippen molar-refractivity contribution in [2.75, 3.05) is 6.61 Å². The summed E-state index contributed by atoms with van der Waals surface area (Å²) < 4.78 is 5.52. The number of carbonyl (C=O) groups is 2. The standard InChI is InChI=1S/C16H19ClN2O4/c17-12-6-10(7-18-15(12)23-8-9-4-5-9)14(20)19-13-3-1-2-11(13)16(21)22/h6-7,9,11,13H,1-5,8H2,(H,19,20)(H,21,22)/t11-,13+/m1/s1. The molecule has 7 heteroatoms. The number of carbonyl (C=O) groups excluding carboxylic acids is 1. The SMILES string of the molecule is O=C(N[C@H]1CCC[C@H]1C(=O)O)c1cnc(OCC2CC2)c(Cl)c1. The van der Waals surface area contributed by atoms with E-state index < -0.39 is 11.9 Å². The van der Waals surface area contributed by atoms with E-state index in [-0.39, 0.29) is 11.9 Å². The van der Waals surface area contributed by atoms with Gasteiger partial charge in [-0.15, -0.1) is 0 Å². The second-order valence-corrected chi connectivity index (χ2v) is 6.63. The van der Waals surface area contributed by atoms with Crippen LogP contribution in [-0.4, -0.2) is 34.6 Å². The lowest BCUT2D eigenvalue weighted by molar-refractivity contribution is -0.142. The van der Waals surface area contributed by atoms with Gasteiger partial charge < -0.3 is 15.2 Å². The van der Waals surface area contributed by atoms with Crippen LogP contribution in [0.25, 0.3) is 0 Å². The number of hydrogen-bond acceptors (Lipinski definition) is 4. The van der Waals surface area contributed by atoms with Crippen LogP contribution in [0.2, 0.25) is 5.02 Å². The van der Waals surface area contributed by atoms with E-state index in [0.717, 1.165) is 6.42 Å². The van der Waals surface area contributed by atoms with Crippen LogP contribution in [0, 0.1) is 11.8 Å². The summed E-state index contributed by atoms with van der Waals surface area (Å²) >= 11 is 6.11. The lowest BCUT2D eigenvalue weighted by Crippen LogP contribution is -2.40. The molecule has 2 N–H and O–H groups in total. The molecule has 2 atom stereocenters. The first-order chi connectivity index (χ1) is 11.0. The fourth-order valence-corrected chi connectivity index (χ4v) is 3.04. The van der Waals surface area contributed by atoms with E-state index in [1.807, 2.05) is 0 Å². The molecular formula is C16H19ClN2O4. The molecule has 1 aromatic heterocycles. The van der Waals surface area contributed by atoms with E-state index >= 15 is 0 Å². The number of rotatable bonds is 6. The number of nitrogens with zero attached hydrogens (tertiary/aromatic N) is 1. The van der Waals surface area contributed by atoms with Crippen LogP contribution in [0.4, 0.5) is 0 Å². The molecular weight excluding hydrogens is 320 g/mol. The Hall–Kier alpha value is -1.82. The zero-order valence-electron chi connectivity index (χ0n) is 12.6. The Balaban J connectivity index is 1.62. The summed E-state index contributed by atoms with van der Waals surface area (Å²) in [7, 11) is 0. The highest BCUT2D eigenvalue weighted by Crippen LogP contribution is 2.31. The second-order valence-electron chi connectivity index (χ2n) is 6.22. The van der Waals surface area contributed by atoms with Gasteiger partial charge in [0.2, 0.25) is 5.88 Å². The minimum absolute atomic E-state index is 0.291. The van der Waals surface area contributed by atoms with Gasteiger partial charge in [-0.05, 0) is 37.7 Å². The molecule has 124 valence electrons. The molecule has 1 aromatic rings. The van der Waals surface area contributed by atoms with Crippen molar-refractivity contribution in [3.05, 3.63) is 22.8 Å². The monoisotopic (exact) mass is 338 g/mol. The molecule has 3 rings (SSSR count). The molecule has 2 saturated carbocycles. The molecule has 0 bridgehead atoms.